The number of hydrogen-bond donors (Lipinski definition) is 1. The molecule has 0 bridgehead atoms. The maximum atomic E-state index is 13.0. The molecular weight excluding hydrogens is 382 g/mol. The van der Waals surface area contributed by atoms with Gasteiger partial charge in [0.2, 0.25) is 0 Å². The summed E-state index contributed by atoms with van der Waals surface area (Å²) < 4.78 is 16.1. The van der Waals surface area contributed by atoms with E-state index in [1.807, 2.05) is 6.07 Å². The highest BCUT2D eigenvalue weighted by Crippen LogP contribution is 2.39. The average Bonchev–Trinajstić information content (AvgIpc) is 3.18. The van der Waals surface area contributed by atoms with Gasteiger partial charge in [-0.3, -0.25) is 0 Å². The number of carbonyl (C=O) groups excluding carboxylic acids is 2. The van der Waals surface area contributed by atoms with Crippen molar-refractivity contribution in [2.45, 2.75) is 38.7 Å². The monoisotopic (exact) mass is 405 g/mol. The Kier molecular flexibility index (Phi) is 6.42. The molecule has 2 aliphatic rings. The van der Waals surface area contributed by atoms with Gasteiger partial charge >= 0.3 is 11.9 Å². The number of halogens is 1. The third-order valence-corrected chi connectivity index (χ3v) is 5.23. The van der Waals surface area contributed by atoms with Gasteiger partial charge in [-0.05, 0) is 44.4 Å². The van der Waals surface area contributed by atoms with E-state index in [9.17, 15) is 9.59 Å². The van der Waals surface area contributed by atoms with Crippen LogP contribution in [0, 0.1) is 0 Å². The number of allylic oxidation sites excluding steroid dienone is 2. The fourth-order valence-corrected chi connectivity index (χ4v) is 3.89. The maximum Gasteiger partial charge on any atom is 0.336 e. The Labute approximate surface area is 169 Å². The summed E-state index contributed by atoms with van der Waals surface area (Å²) in [6, 6.07) is 7.11. The molecule has 0 saturated carbocycles. The molecule has 150 valence electrons. The number of dihydropyridines is 1. The lowest BCUT2D eigenvalue weighted by Gasteiger charge is -2.30. The zero-order chi connectivity index (χ0) is 20.3. The van der Waals surface area contributed by atoms with E-state index in [1.165, 1.54) is 7.11 Å². The van der Waals surface area contributed by atoms with Crippen LogP contribution in [0.4, 0.5) is 0 Å². The fourth-order valence-electron chi connectivity index (χ4n) is 3.69. The average molecular weight is 406 g/mol. The maximum absolute atomic E-state index is 13.0. The number of ether oxygens (including phenoxy) is 3. The zero-order valence-electron chi connectivity index (χ0n) is 16.2. The van der Waals surface area contributed by atoms with Crippen LogP contribution in [0.3, 0.4) is 0 Å². The van der Waals surface area contributed by atoms with Crippen molar-refractivity contribution in [3.63, 3.8) is 0 Å². The van der Waals surface area contributed by atoms with E-state index < -0.39 is 17.9 Å². The minimum absolute atomic E-state index is 0.0802. The molecule has 0 aliphatic carbocycles. The van der Waals surface area contributed by atoms with Gasteiger partial charge in [0.05, 0.1) is 30.3 Å². The molecular formula is C21H24ClNO5. The van der Waals surface area contributed by atoms with Crippen molar-refractivity contribution in [3.8, 4) is 0 Å². The van der Waals surface area contributed by atoms with Gasteiger partial charge in [-0.15, -0.1) is 0 Å². The Morgan fingerprint density at radius 2 is 1.93 bits per heavy atom. The Hall–Kier alpha value is -2.31. The summed E-state index contributed by atoms with van der Waals surface area (Å²) in [5.74, 6) is -1.63. The van der Waals surface area contributed by atoms with Gasteiger partial charge in [0.15, 0.2) is 0 Å². The van der Waals surface area contributed by atoms with E-state index in [1.54, 1.807) is 32.0 Å². The highest BCUT2D eigenvalue weighted by molar-refractivity contribution is 6.30. The van der Waals surface area contributed by atoms with Crippen LogP contribution in [0.5, 0.6) is 0 Å². The van der Waals surface area contributed by atoms with E-state index >= 15 is 0 Å². The summed E-state index contributed by atoms with van der Waals surface area (Å²) in [5, 5.41) is 3.63. The molecule has 2 aliphatic heterocycles. The summed E-state index contributed by atoms with van der Waals surface area (Å²) in [6.45, 7) is 4.44. The summed E-state index contributed by atoms with van der Waals surface area (Å²) >= 11 is 6.18. The summed E-state index contributed by atoms with van der Waals surface area (Å²) in [4.78, 5) is 25.6. The first-order valence-corrected chi connectivity index (χ1v) is 9.61. The lowest BCUT2D eigenvalue weighted by atomic mass is 9.80. The molecule has 28 heavy (non-hydrogen) atoms. The van der Waals surface area contributed by atoms with E-state index in [2.05, 4.69) is 5.32 Å². The number of hydrogen-bond acceptors (Lipinski definition) is 6. The van der Waals surface area contributed by atoms with Crippen LogP contribution in [0.2, 0.25) is 5.02 Å². The third-order valence-electron chi connectivity index (χ3n) is 4.99. The summed E-state index contributed by atoms with van der Waals surface area (Å²) in [5.41, 5.74) is 2.71. The lowest BCUT2D eigenvalue weighted by molar-refractivity contribution is -0.142. The third kappa shape index (κ3) is 4.23. The Balaban J connectivity index is 1.98. The number of nitrogens with one attached hydrogen (secondary N) is 1. The molecule has 0 amide bonds. The largest absolute Gasteiger partial charge is 0.466 e. The molecule has 1 aromatic carbocycles. The summed E-state index contributed by atoms with van der Waals surface area (Å²) in [7, 11) is 1.32. The second kappa shape index (κ2) is 8.80. The lowest BCUT2D eigenvalue weighted by Crippen LogP contribution is -2.33. The van der Waals surface area contributed by atoms with Crippen LogP contribution in [0.15, 0.2) is 46.8 Å². The van der Waals surface area contributed by atoms with Gasteiger partial charge in [-0.1, -0.05) is 23.7 Å². The molecule has 1 N–H and O–H groups in total. The Morgan fingerprint density at radius 3 is 2.54 bits per heavy atom. The molecule has 0 radical (unpaired) electrons. The first kappa shape index (κ1) is 20.4. The van der Waals surface area contributed by atoms with Crippen LogP contribution < -0.4 is 5.32 Å². The van der Waals surface area contributed by atoms with E-state index in [0.29, 0.717) is 34.2 Å². The molecule has 1 fully saturated rings. The predicted octanol–water partition coefficient (Wildman–Crippen LogP) is 3.47. The molecule has 3 rings (SSSR count). The van der Waals surface area contributed by atoms with Crippen molar-refractivity contribution in [3.05, 3.63) is 57.4 Å². The van der Waals surface area contributed by atoms with Crippen molar-refractivity contribution < 1.29 is 23.8 Å². The van der Waals surface area contributed by atoms with E-state index in [4.69, 9.17) is 25.8 Å². The van der Waals surface area contributed by atoms with Crippen molar-refractivity contribution >= 4 is 23.5 Å². The minimum atomic E-state index is -0.635. The van der Waals surface area contributed by atoms with Gasteiger partial charge in [0.25, 0.3) is 0 Å². The topological polar surface area (TPSA) is 73.9 Å². The SMILES string of the molecule is COC(=O)C1=C(C)NC(C)=C(C(=O)OC[C@@H]2CCCO2)[C@@H]1c1cccc(Cl)c1. The smallest absolute Gasteiger partial charge is 0.336 e. The molecule has 7 heteroatoms. The first-order chi connectivity index (χ1) is 13.4. The second-order valence-electron chi connectivity index (χ2n) is 6.92. The van der Waals surface area contributed by atoms with Gasteiger partial charge in [-0.25, -0.2) is 9.59 Å². The number of carbonyl (C=O) groups is 2. The predicted molar refractivity (Wildman–Crippen MR) is 105 cm³/mol. The minimum Gasteiger partial charge on any atom is -0.466 e. The quantitative estimate of drug-likeness (QED) is 0.756. The number of rotatable bonds is 5. The van der Waals surface area contributed by atoms with E-state index in [-0.39, 0.29) is 12.7 Å². The van der Waals surface area contributed by atoms with Crippen molar-refractivity contribution in [1.82, 2.24) is 5.32 Å². The molecule has 6 nitrogen and oxygen atoms in total. The fraction of sp³-hybridized carbons (Fsp3) is 0.429. The Morgan fingerprint density at radius 1 is 1.21 bits per heavy atom. The molecule has 2 heterocycles. The van der Waals surface area contributed by atoms with Gasteiger partial charge in [0, 0.05) is 23.0 Å². The van der Waals surface area contributed by atoms with Crippen LogP contribution in [0.25, 0.3) is 0 Å². The highest BCUT2D eigenvalue weighted by Gasteiger charge is 2.38. The van der Waals surface area contributed by atoms with Crippen molar-refractivity contribution in [2.75, 3.05) is 20.3 Å². The molecule has 1 saturated heterocycles. The van der Waals surface area contributed by atoms with Crippen LogP contribution in [-0.2, 0) is 23.8 Å². The van der Waals surface area contributed by atoms with Gasteiger partial charge < -0.3 is 19.5 Å². The zero-order valence-corrected chi connectivity index (χ0v) is 17.0. The standard InChI is InChI=1S/C21H24ClNO5/c1-12-17(20(24)26-3)19(14-6-4-7-15(22)10-14)18(13(2)23-12)21(25)28-11-16-8-5-9-27-16/h4,6-7,10,16,19,23H,5,8-9,11H2,1-3H3/t16-,19+/m0/s1. The molecule has 2 atom stereocenters. The summed E-state index contributed by atoms with van der Waals surface area (Å²) in [6.07, 6.45) is 1.75. The van der Waals surface area contributed by atoms with Crippen LogP contribution in [-0.4, -0.2) is 38.4 Å². The van der Waals surface area contributed by atoms with Gasteiger partial charge in [0.1, 0.15) is 6.61 Å². The number of methoxy groups -OCH3 is 1. The molecule has 0 aromatic heterocycles. The number of esters is 2. The number of benzene rings is 1. The molecule has 1 aromatic rings. The molecule has 0 spiro atoms. The van der Waals surface area contributed by atoms with Crippen LogP contribution >= 0.6 is 11.6 Å². The normalized spacial score (nSPS) is 22.1. The Bertz CT molecular complexity index is 839. The van der Waals surface area contributed by atoms with Gasteiger partial charge in [-0.2, -0.15) is 0 Å². The second-order valence-corrected chi connectivity index (χ2v) is 7.35. The highest BCUT2D eigenvalue weighted by atomic mass is 35.5. The van der Waals surface area contributed by atoms with Crippen LogP contribution in [0.1, 0.15) is 38.2 Å². The van der Waals surface area contributed by atoms with Crippen molar-refractivity contribution in [2.24, 2.45) is 0 Å². The van der Waals surface area contributed by atoms with Crippen molar-refractivity contribution in [1.29, 1.82) is 0 Å². The van der Waals surface area contributed by atoms with E-state index in [0.717, 1.165) is 18.4 Å². The molecule has 0 unspecified atom stereocenters. The first-order valence-electron chi connectivity index (χ1n) is 9.23.